The quantitative estimate of drug-likeness (QED) is 0.772. The smallest absolute Gasteiger partial charge is 0.0406 e. The third-order valence-electron chi connectivity index (χ3n) is 3.11. The summed E-state index contributed by atoms with van der Waals surface area (Å²) in [5, 5.41) is 0. The van der Waals surface area contributed by atoms with E-state index in [4.69, 9.17) is 0 Å². The molecule has 0 N–H and O–H groups in total. The summed E-state index contributed by atoms with van der Waals surface area (Å²) in [6.07, 6.45) is 5.86. The van der Waals surface area contributed by atoms with Crippen LogP contribution >= 0.6 is 0 Å². The number of likely N-dealkylation sites (tertiary alicyclic amines) is 1. The zero-order valence-electron chi connectivity index (χ0n) is 10.4. The van der Waals surface area contributed by atoms with Gasteiger partial charge >= 0.3 is 0 Å². The second kappa shape index (κ2) is 5.44. The molecular weight excluding hydrogens is 196 g/mol. The largest absolute Gasteiger partial charge is 0.299 e. The van der Waals surface area contributed by atoms with E-state index in [0.29, 0.717) is 5.92 Å². The molecule has 1 saturated heterocycles. The Labute approximate surface area is 98.7 Å². The molecule has 1 fully saturated rings. The predicted molar refractivity (Wildman–Crippen MR) is 67.3 cm³/mol. The molecule has 88 valence electrons. The molecule has 2 heterocycles. The van der Waals surface area contributed by atoms with E-state index in [0.717, 1.165) is 13.0 Å². The minimum Gasteiger partial charge on any atom is -0.299 e. The van der Waals surface area contributed by atoms with Gasteiger partial charge in [-0.25, -0.2) is 0 Å². The van der Waals surface area contributed by atoms with Crippen molar-refractivity contribution in [1.82, 2.24) is 9.88 Å². The lowest BCUT2D eigenvalue weighted by molar-refractivity contribution is 0.331. The highest BCUT2D eigenvalue weighted by molar-refractivity contribution is 5.14. The van der Waals surface area contributed by atoms with E-state index < -0.39 is 0 Å². The number of rotatable bonds is 4. The molecule has 0 radical (unpaired) electrons. The highest BCUT2D eigenvalue weighted by atomic mass is 15.1. The van der Waals surface area contributed by atoms with Gasteiger partial charge in [0, 0.05) is 18.4 Å². The number of aromatic nitrogens is 1. The van der Waals surface area contributed by atoms with Gasteiger partial charge in [0.2, 0.25) is 0 Å². The molecule has 0 unspecified atom stereocenters. The van der Waals surface area contributed by atoms with Crippen molar-refractivity contribution in [2.24, 2.45) is 5.92 Å². The van der Waals surface area contributed by atoms with Gasteiger partial charge in [0.25, 0.3) is 0 Å². The average Bonchev–Trinajstić information content (AvgIpc) is 2.73. The fourth-order valence-corrected chi connectivity index (χ4v) is 2.29. The third-order valence-corrected chi connectivity index (χ3v) is 3.11. The van der Waals surface area contributed by atoms with E-state index in [1.165, 1.54) is 37.2 Å². The van der Waals surface area contributed by atoms with Crippen LogP contribution in [0, 0.1) is 5.92 Å². The van der Waals surface area contributed by atoms with Crippen LogP contribution in [0.5, 0.6) is 0 Å². The van der Waals surface area contributed by atoms with Gasteiger partial charge in [0.15, 0.2) is 0 Å². The minimum absolute atomic E-state index is 0.692. The van der Waals surface area contributed by atoms with Crippen LogP contribution in [0.2, 0.25) is 0 Å². The van der Waals surface area contributed by atoms with E-state index in [1.54, 1.807) is 0 Å². The summed E-state index contributed by atoms with van der Waals surface area (Å²) in [7, 11) is 0. The normalized spacial score (nSPS) is 17.2. The van der Waals surface area contributed by atoms with Crippen molar-refractivity contribution in [3.05, 3.63) is 29.6 Å². The van der Waals surface area contributed by atoms with Gasteiger partial charge in [-0.3, -0.25) is 9.88 Å². The molecule has 0 spiro atoms. The van der Waals surface area contributed by atoms with Crippen LogP contribution in [-0.4, -0.2) is 23.0 Å². The van der Waals surface area contributed by atoms with E-state index >= 15 is 0 Å². The van der Waals surface area contributed by atoms with Gasteiger partial charge in [-0.05, 0) is 49.9 Å². The van der Waals surface area contributed by atoms with Gasteiger partial charge in [0.05, 0.1) is 0 Å². The average molecular weight is 218 g/mol. The SMILES string of the molecule is CC(C)Cc1ccc(CN2CCCC2)cn1. The van der Waals surface area contributed by atoms with Crippen LogP contribution in [-0.2, 0) is 13.0 Å². The summed E-state index contributed by atoms with van der Waals surface area (Å²) >= 11 is 0. The van der Waals surface area contributed by atoms with Crippen LogP contribution in [0.25, 0.3) is 0 Å². The third kappa shape index (κ3) is 3.31. The molecular formula is C14H22N2. The molecule has 2 rings (SSSR count). The van der Waals surface area contributed by atoms with Gasteiger partial charge in [0.1, 0.15) is 0 Å². The number of nitrogens with zero attached hydrogens (tertiary/aromatic N) is 2. The maximum atomic E-state index is 4.53. The Morgan fingerprint density at radius 2 is 2.00 bits per heavy atom. The van der Waals surface area contributed by atoms with Gasteiger partial charge in [-0.1, -0.05) is 19.9 Å². The second-order valence-electron chi connectivity index (χ2n) is 5.24. The fraction of sp³-hybridized carbons (Fsp3) is 0.643. The van der Waals surface area contributed by atoms with Crippen LogP contribution < -0.4 is 0 Å². The monoisotopic (exact) mass is 218 g/mol. The Bertz CT molecular complexity index is 310. The summed E-state index contributed by atoms with van der Waals surface area (Å²) < 4.78 is 0. The Morgan fingerprint density at radius 1 is 1.25 bits per heavy atom. The predicted octanol–water partition coefficient (Wildman–Crippen LogP) is 2.88. The zero-order chi connectivity index (χ0) is 11.4. The molecule has 1 aromatic heterocycles. The van der Waals surface area contributed by atoms with Crippen LogP contribution in [0.15, 0.2) is 18.3 Å². The lowest BCUT2D eigenvalue weighted by atomic mass is 10.1. The molecule has 0 saturated carbocycles. The van der Waals surface area contributed by atoms with Crippen molar-refractivity contribution in [2.75, 3.05) is 13.1 Å². The summed E-state index contributed by atoms with van der Waals surface area (Å²) in [6, 6.07) is 4.43. The van der Waals surface area contributed by atoms with E-state index in [9.17, 15) is 0 Å². The molecule has 0 amide bonds. The highest BCUT2D eigenvalue weighted by Gasteiger charge is 2.11. The zero-order valence-corrected chi connectivity index (χ0v) is 10.4. The first-order chi connectivity index (χ1) is 7.74. The molecule has 0 atom stereocenters. The van der Waals surface area contributed by atoms with Crippen molar-refractivity contribution in [1.29, 1.82) is 0 Å². The summed E-state index contributed by atoms with van der Waals surface area (Å²) in [4.78, 5) is 7.05. The molecule has 1 aliphatic rings. The molecule has 0 bridgehead atoms. The first-order valence-corrected chi connectivity index (χ1v) is 6.40. The molecule has 0 aromatic carbocycles. The summed E-state index contributed by atoms with van der Waals surface area (Å²) in [5.41, 5.74) is 2.58. The molecule has 0 aliphatic carbocycles. The van der Waals surface area contributed by atoms with E-state index in [1.807, 2.05) is 0 Å². The standard InChI is InChI=1S/C14H22N2/c1-12(2)9-14-6-5-13(10-15-14)11-16-7-3-4-8-16/h5-6,10,12H,3-4,7-9,11H2,1-2H3. The van der Waals surface area contributed by atoms with Gasteiger partial charge in [-0.2, -0.15) is 0 Å². The van der Waals surface area contributed by atoms with Crippen molar-refractivity contribution < 1.29 is 0 Å². The van der Waals surface area contributed by atoms with E-state index in [-0.39, 0.29) is 0 Å². The molecule has 2 nitrogen and oxygen atoms in total. The van der Waals surface area contributed by atoms with Crippen LogP contribution in [0.3, 0.4) is 0 Å². The van der Waals surface area contributed by atoms with Crippen molar-refractivity contribution >= 4 is 0 Å². The van der Waals surface area contributed by atoms with Crippen molar-refractivity contribution in [2.45, 2.75) is 39.7 Å². The Morgan fingerprint density at radius 3 is 2.56 bits per heavy atom. The molecule has 2 heteroatoms. The lowest BCUT2D eigenvalue weighted by Gasteiger charge is -2.14. The first-order valence-electron chi connectivity index (χ1n) is 6.40. The lowest BCUT2D eigenvalue weighted by Crippen LogP contribution is -2.18. The van der Waals surface area contributed by atoms with Crippen molar-refractivity contribution in [3.8, 4) is 0 Å². The van der Waals surface area contributed by atoms with Crippen molar-refractivity contribution in [3.63, 3.8) is 0 Å². The Kier molecular flexibility index (Phi) is 3.94. The van der Waals surface area contributed by atoms with Gasteiger partial charge in [-0.15, -0.1) is 0 Å². The molecule has 1 aromatic rings. The fourth-order valence-electron chi connectivity index (χ4n) is 2.29. The number of hydrogen-bond donors (Lipinski definition) is 0. The molecule has 16 heavy (non-hydrogen) atoms. The number of hydrogen-bond acceptors (Lipinski definition) is 2. The van der Waals surface area contributed by atoms with Crippen LogP contribution in [0.1, 0.15) is 37.9 Å². The maximum absolute atomic E-state index is 4.53. The Balaban J connectivity index is 1.90. The minimum atomic E-state index is 0.692. The van der Waals surface area contributed by atoms with Gasteiger partial charge < -0.3 is 0 Å². The van der Waals surface area contributed by atoms with Crippen LogP contribution in [0.4, 0.5) is 0 Å². The summed E-state index contributed by atoms with van der Waals surface area (Å²) in [5.74, 6) is 0.692. The molecule has 1 aliphatic heterocycles. The van der Waals surface area contributed by atoms with E-state index in [2.05, 4.69) is 42.1 Å². The number of pyridine rings is 1. The highest BCUT2D eigenvalue weighted by Crippen LogP contribution is 2.13. The summed E-state index contributed by atoms with van der Waals surface area (Å²) in [6.45, 7) is 8.07. The Hall–Kier alpha value is -0.890. The second-order valence-corrected chi connectivity index (χ2v) is 5.24. The topological polar surface area (TPSA) is 16.1 Å². The maximum Gasteiger partial charge on any atom is 0.0406 e. The first kappa shape index (κ1) is 11.6.